The Bertz CT molecular complexity index is 923. The van der Waals surface area contributed by atoms with Gasteiger partial charge in [-0.3, -0.25) is 0 Å². The molecule has 7 heteroatoms. The van der Waals surface area contributed by atoms with E-state index in [0.29, 0.717) is 6.54 Å². The van der Waals surface area contributed by atoms with E-state index in [1.165, 1.54) is 11.8 Å². The molecule has 2 aromatic rings. The molecule has 0 heterocycles. The molecule has 6 nitrogen and oxygen atoms in total. The highest BCUT2D eigenvalue weighted by molar-refractivity contribution is 7.89. The molecule has 2 N–H and O–H groups in total. The van der Waals surface area contributed by atoms with Crippen molar-refractivity contribution in [2.75, 3.05) is 26.5 Å². The van der Waals surface area contributed by atoms with Gasteiger partial charge in [-0.25, -0.2) is 13.4 Å². The van der Waals surface area contributed by atoms with Gasteiger partial charge in [-0.15, -0.1) is 0 Å². The van der Waals surface area contributed by atoms with Crippen molar-refractivity contribution < 1.29 is 13.2 Å². The summed E-state index contributed by atoms with van der Waals surface area (Å²) in [5, 5.41) is 6.60. The number of hydrogen-bond donors (Lipinski definition) is 2. The van der Waals surface area contributed by atoms with E-state index < -0.39 is 9.84 Å². The normalized spacial score (nSPS) is 11.9. The van der Waals surface area contributed by atoms with E-state index in [9.17, 15) is 8.42 Å². The highest BCUT2D eigenvalue weighted by Gasteiger charge is 2.05. The minimum absolute atomic E-state index is 0.0601. The summed E-state index contributed by atoms with van der Waals surface area (Å²) in [5.74, 6) is 1.72. The molecule has 0 aromatic heterocycles. The third-order valence-electron chi connectivity index (χ3n) is 4.39. The second-order valence-electron chi connectivity index (χ2n) is 7.06. The van der Waals surface area contributed by atoms with Crippen LogP contribution in [0, 0.1) is 6.92 Å². The standard InChI is InChI=1S/C22H31N3O3S/c1-5-23-22(24-13-12-18-7-6-17(2)21(14-18)28-3)25-15-19-8-10-20(11-9-19)16-29(4,26)27/h6-11,14H,5,12-13,15-16H2,1-4H3,(H2,23,24,25). The van der Waals surface area contributed by atoms with Crippen molar-refractivity contribution in [3.63, 3.8) is 0 Å². The van der Waals surface area contributed by atoms with Crippen molar-refractivity contribution in [3.05, 3.63) is 64.7 Å². The van der Waals surface area contributed by atoms with Crippen LogP contribution >= 0.6 is 0 Å². The number of methoxy groups -OCH3 is 1. The first-order valence-electron chi connectivity index (χ1n) is 9.72. The SMILES string of the molecule is CCNC(=NCc1ccc(CS(C)(=O)=O)cc1)NCCc1ccc(C)c(OC)c1. The molecule has 0 unspecified atom stereocenters. The Labute approximate surface area is 174 Å². The Balaban J connectivity index is 1.92. The number of sulfone groups is 1. The monoisotopic (exact) mass is 417 g/mol. The summed E-state index contributed by atoms with van der Waals surface area (Å²) < 4.78 is 28.1. The number of rotatable bonds is 9. The third-order valence-corrected chi connectivity index (χ3v) is 5.25. The third kappa shape index (κ3) is 8.15. The van der Waals surface area contributed by atoms with E-state index in [2.05, 4.69) is 33.8 Å². The van der Waals surface area contributed by atoms with Crippen LogP contribution in [0.2, 0.25) is 0 Å². The molecule has 0 radical (unpaired) electrons. The summed E-state index contributed by atoms with van der Waals surface area (Å²) in [6.07, 6.45) is 2.10. The van der Waals surface area contributed by atoms with Gasteiger partial charge in [0.1, 0.15) is 5.75 Å². The van der Waals surface area contributed by atoms with Gasteiger partial charge in [0.15, 0.2) is 15.8 Å². The number of aryl methyl sites for hydroxylation is 1. The van der Waals surface area contributed by atoms with Gasteiger partial charge >= 0.3 is 0 Å². The van der Waals surface area contributed by atoms with E-state index in [1.54, 1.807) is 7.11 Å². The van der Waals surface area contributed by atoms with E-state index in [1.807, 2.05) is 38.1 Å². The van der Waals surface area contributed by atoms with Gasteiger partial charge in [-0.1, -0.05) is 36.4 Å². The van der Waals surface area contributed by atoms with Crippen molar-refractivity contribution >= 4 is 15.8 Å². The first kappa shape index (κ1) is 22.7. The van der Waals surface area contributed by atoms with Crippen molar-refractivity contribution in [1.82, 2.24) is 10.6 Å². The second-order valence-corrected chi connectivity index (χ2v) is 9.20. The molecule has 0 saturated carbocycles. The Morgan fingerprint density at radius 1 is 1.03 bits per heavy atom. The maximum Gasteiger partial charge on any atom is 0.191 e. The number of guanidine groups is 1. The first-order valence-corrected chi connectivity index (χ1v) is 11.8. The molecule has 0 saturated heterocycles. The Hall–Kier alpha value is -2.54. The van der Waals surface area contributed by atoms with Crippen LogP contribution in [-0.2, 0) is 28.6 Å². The molecule has 0 aliphatic carbocycles. The van der Waals surface area contributed by atoms with Gasteiger partial charge in [0.2, 0.25) is 0 Å². The summed E-state index contributed by atoms with van der Waals surface area (Å²) in [6.45, 7) is 6.11. The average molecular weight is 418 g/mol. The number of nitrogens with one attached hydrogen (secondary N) is 2. The van der Waals surface area contributed by atoms with E-state index >= 15 is 0 Å². The number of nitrogens with zero attached hydrogens (tertiary/aromatic N) is 1. The average Bonchev–Trinajstić information content (AvgIpc) is 2.67. The van der Waals surface area contributed by atoms with Crippen LogP contribution < -0.4 is 15.4 Å². The van der Waals surface area contributed by atoms with Crippen LogP contribution in [0.4, 0.5) is 0 Å². The first-order chi connectivity index (χ1) is 13.8. The Morgan fingerprint density at radius 2 is 1.69 bits per heavy atom. The van der Waals surface area contributed by atoms with E-state index in [0.717, 1.165) is 47.9 Å². The highest BCUT2D eigenvalue weighted by Crippen LogP contribution is 2.19. The maximum atomic E-state index is 11.4. The number of ether oxygens (including phenoxy) is 1. The van der Waals surface area contributed by atoms with Crippen molar-refractivity contribution in [2.24, 2.45) is 4.99 Å². The molecule has 0 aliphatic rings. The van der Waals surface area contributed by atoms with Crippen LogP contribution in [0.1, 0.15) is 29.2 Å². The Kier molecular flexibility index (Phi) is 8.51. The number of benzene rings is 2. The molecular formula is C22H31N3O3S. The number of hydrogen-bond acceptors (Lipinski definition) is 4. The van der Waals surface area contributed by atoms with Crippen LogP contribution in [0.15, 0.2) is 47.5 Å². The fraction of sp³-hybridized carbons (Fsp3) is 0.409. The van der Waals surface area contributed by atoms with Gasteiger partial charge in [0, 0.05) is 19.3 Å². The summed E-state index contributed by atoms with van der Waals surface area (Å²) in [5.41, 5.74) is 4.15. The van der Waals surface area contributed by atoms with Crippen LogP contribution in [0.5, 0.6) is 5.75 Å². The van der Waals surface area contributed by atoms with Gasteiger partial charge in [-0.2, -0.15) is 0 Å². The molecular weight excluding hydrogens is 386 g/mol. The smallest absolute Gasteiger partial charge is 0.191 e. The van der Waals surface area contributed by atoms with Crippen LogP contribution in [-0.4, -0.2) is 40.8 Å². The molecule has 158 valence electrons. The van der Waals surface area contributed by atoms with E-state index in [-0.39, 0.29) is 5.75 Å². The minimum Gasteiger partial charge on any atom is -0.496 e. The molecule has 0 amide bonds. The van der Waals surface area contributed by atoms with Crippen LogP contribution in [0.3, 0.4) is 0 Å². The highest BCUT2D eigenvalue weighted by atomic mass is 32.2. The molecule has 0 fully saturated rings. The zero-order chi connectivity index (χ0) is 21.3. The molecule has 0 aliphatic heterocycles. The van der Waals surface area contributed by atoms with Gasteiger partial charge < -0.3 is 15.4 Å². The predicted molar refractivity (Wildman–Crippen MR) is 119 cm³/mol. The largest absolute Gasteiger partial charge is 0.496 e. The molecule has 29 heavy (non-hydrogen) atoms. The summed E-state index contributed by atoms with van der Waals surface area (Å²) in [7, 11) is -1.33. The van der Waals surface area contributed by atoms with Crippen molar-refractivity contribution in [2.45, 2.75) is 32.6 Å². The Morgan fingerprint density at radius 3 is 2.31 bits per heavy atom. The minimum atomic E-state index is -3.02. The summed E-state index contributed by atoms with van der Waals surface area (Å²) in [6, 6.07) is 13.8. The molecule has 0 bridgehead atoms. The topological polar surface area (TPSA) is 79.8 Å². The van der Waals surface area contributed by atoms with Crippen molar-refractivity contribution in [3.8, 4) is 5.75 Å². The lowest BCUT2D eigenvalue weighted by atomic mass is 10.1. The molecule has 2 aromatic carbocycles. The fourth-order valence-electron chi connectivity index (χ4n) is 2.90. The summed E-state index contributed by atoms with van der Waals surface area (Å²) in [4.78, 5) is 4.62. The predicted octanol–water partition coefficient (Wildman–Crippen LogP) is 2.85. The zero-order valence-corrected chi connectivity index (χ0v) is 18.5. The summed E-state index contributed by atoms with van der Waals surface area (Å²) >= 11 is 0. The molecule has 0 atom stereocenters. The van der Waals surface area contributed by atoms with Gasteiger partial charge in [0.05, 0.1) is 19.4 Å². The fourth-order valence-corrected chi connectivity index (χ4v) is 3.70. The lowest BCUT2D eigenvalue weighted by molar-refractivity contribution is 0.411. The van der Waals surface area contributed by atoms with Crippen LogP contribution in [0.25, 0.3) is 0 Å². The quantitative estimate of drug-likeness (QED) is 0.484. The van der Waals surface area contributed by atoms with Gasteiger partial charge in [-0.05, 0) is 48.6 Å². The molecule has 2 rings (SSSR count). The van der Waals surface area contributed by atoms with E-state index in [4.69, 9.17) is 4.74 Å². The zero-order valence-electron chi connectivity index (χ0n) is 17.7. The second kappa shape index (κ2) is 10.9. The molecule has 0 spiro atoms. The van der Waals surface area contributed by atoms with Crippen molar-refractivity contribution in [1.29, 1.82) is 0 Å². The maximum absolute atomic E-state index is 11.4. The lowest BCUT2D eigenvalue weighted by Crippen LogP contribution is -2.38. The van der Waals surface area contributed by atoms with Gasteiger partial charge in [0.25, 0.3) is 0 Å². The number of aliphatic imine (C=N–C) groups is 1. The lowest BCUT2D eigenvalue weighted by Gasteiger charge is -2.12.